The van der Waals surface area contributed by atoms with Gasteiger partial charge in [0.25, 0.3) is 0 Å². The van der Waals surface area contributed by atoms with Gasteiger partial charge in [0.15, 0.2) is 11.5 Å². The smallest absolute Gasteiger partial charge is 0.427 e. The summed E-state index contributed by atoms with van der Waals surface area (Å²) >= 11 is 6.01. The van der Waals surface area contributed by atoms with Gasteiger partial charge in [-0.25, -0.2) is 10.2 Å². The maximum absolute atomic E-state index is 11.0. The minimum atomic E-state index is -0.637. The van der Waals surface area contributed by atoms with E-state index in [1.165, 1.54) is 13.3 Å². The van der Waals surface area contributed by atoms with E-state index in [9.17, 15) is 4.79 Å². The average molecular weight is 421 g/mol. The van der Waals surface area contributed by atoms with Gasteiger partial charge >= 0.3 is 6.09 Å². The highest BCUT2D eigenvalue weighted by molar-refractivity contribution is 6.31. The second-order valence-corrected chi connectivity index (χ2v) is 6.37. The number of hydrogen-bond acceptors (Lipinski definition) is 6. The Morgan fingerprint density at radius 1 is 1.10 bits per heavy atom. The van der Waals surface area contributed by atoms with E-state index < -0.39 is 6.09 Å². The van der Waals surface area contributed by atoms with Gasteiger partial charge in [-0.1, -0.05) is 11.6 Å². The fourth-order valence-electron chi connectivity index (χ4n) is 2.34. The van der Waals surface area contributed by atoms with E-state index in [2.05, 4.69) is 15.3 Å². The van der Waals surface area contributed by atoms with E-state index in [-0.39, 0.29) is 0 Å². The van der Waals surface area contributed by atoms with Crippen LogP contribution in [-0.2, 0) is 4.74 Å². The van der Waals surface area contributed by atoms with E-state index in [1.807, 2.05) is 38.1 Å². The Hall–Kier alpha value is -2.93. The fourth-order valence-corrected chi connectivity index (χ4v) is 2.45. The summed E-state index contributed by atoms with van der Waals surface area (Å²) in [6.45, 7) is 5.33. The number of aryl methyl sites for hydroxylation is 1. The van der Waals surface area contributed by atoms with Crippen LogP contribution in [0, 0.1) is 6.92 Å². The highest BCUT2D eigenvalue weighted by atomic mass is 35.5. The Kier molecular flexibility index (Phi) is 9.11. The molecule has 0 heterocycles. The predicted octanol–water partition coefficient (Wildman–Crippen LogP) is 4.58. The number of ether oxygens (including phenoxy) is 4. The van der Waals surface area contributed by atoms with Crippen molar-refractivity contribution in [2.45, 2.75) is 20.3 Å². The van der Waals surface area contributed by atoms with E-state index in [4.69, 9.17) is 25.8 Å². The van der Waals surface area contributed by atoms with Crippen molar-refractivity contribution in [3.63, 3.8) is 0 Å². The zero-order valence-corrected chi connectivity index (χ0v) is 17.5. The molecule has 0 radical (unpaired) electrons. The van der Waals surface area contributed by atoms with Gasteiger partial charge in [0, 0.05) is 11.4 Å². The van der Waals surface area contributed by atoms with E-state index >= 15 is 0 Å². The molecule has 2 rings (SSSR count). The first-order valence-electron chi connectivity index (χ1n) is 9.19. The van der Waals surface area contributed by atoms with Gasteiger partial charge in [0.1, 0.15) is 5.75 Å². The van der Waals surface area contributed by atoms with Crippen molar-refractivity contribution in [1.82, 2.24) is 5.43 Å². The molecule has 1 N–H and O–H groups in total. The van der Waals surface area contributed by atoms with Gasteiger partial charge < -0.3 is 18.9 Å². The van der Waals surface area contributed by atoms with E-state index in [1.54, 1.807) is 12.1 Å². The Morgan fingerprint density at radius 2 is 1.90 bits per heavy atom. The molecule has 0 aliphatic rings. The van der Waals surface area contributed by atoms with E-state index in [0.717, 1.165) is 21.9 Å². The third-order valence-corrected chi connectivity index (χ3v) is 4.19. The number of hydrazone groups is 1. The molecule has 0 fully saturated rings. The van der Waals surface area contributed by atoms with Crippen LogP contribution in [0.1, 0.15) is 24.5 Å². The van der Waals surface area contributed by atoms with Gasteiger partial charge in [-0.2, -0.15) is 5.10 Å². The molecule has 0 atom stereocenters. The first-order chi connectivity index (χ1) is 14.0. The number of hydrogen-bond donors (Lipinski definition) is 1. The Balaban J connectivity index is 1.85. The highest BCUT2D eigenvalue weighted by Gasteiger charge is 2.06. The highest BCUT2D eigenvalue weighted by Crippen LogP contribution is 2.28. The quantitative estimate of drug-likeness (QED) is 0.345. The summed E-state index contributed by atoms with van der Waals surface area (Å²) in [5.41, 5.74) is 3.96. The maximum atomic E-state index is 11.0. The summed E-state index contributed by atoms with van der Waals surface area (Å²) in [4.78, 5) is 11.0. The SMILES string of the molecule is CCOc1cc(/C=N\NC(=O)OC)ccc1OCCCOc1ccc(Cl)c(C)c1. The van der Waals surface area contributed by atoms with Gasteiger partial charge in [-0.15, -0.1) is 0 Å². The normalized spacial score (nSPS) is 10.6. The summed E-state index contributed by atoms with van der Waals surface area (Å²) in [6, 6.07) is 11.0. The molecule has 2 aromatic rings. The van der Waals surface area contributed by atoms with Crippen molar-refractivity contribution in [1.29, 1.82) is 0 Å². The molecule has 29 heavy (non-hydrogen) atoms. The monoisotopic (exact) mass is 420 g/mol. The molecule has 2 aromatic carbocycles. The predicted molar refractivity (Wildman–Crippen MR) is 113 cm³/mol. The lowest BCUT2D eigenvalue weighted by Gasteiger charge is -2.13. The standard InChI is InChI=1S/C21H25ClN2O5/c1-4-27-20-13-16(14-23-24-21(25)26-3)6-9-19(20)29-11-5-10-28-17-7-8-18(22)15(2)12-17/h6-9,12-14H,4-5,10-11H2,1-3H3,(H,24,25)/b23-14-. The lowest BCUT2D eigenvalue weighted by atomic mass is 10.2. The Labute approximate surface area is 175 Å². The molecule has 1 amide bonds. The van der Waals surface area contributed by atoms with Crippen LogP contribution in [-0.4, -0.2) is 39.2 Å². The van der Waals surface area contributed by atoms with Crippen LogP contribution in [0.4, 0.5) is 4.79 Å². The van der Waals surface area contributed by atoms with Crippen molar-refractivity contribution in [2.24, 2.45) is 5.10 Å². The molecule has 0 bridgehead atoms. The molecular weight excluding hydrogens is 396 g/mol. The van der Waals surface area contributed by atoms with Crippen LogP contribution in [0.25, 0.3) is 0 Å². The number of rotatable bonds is 10. The number of carbonyl (C=O) groups is 1. The lowest BCUT2D eigenvalue weighted by molar-refractivity contribution is 0.171. The molecule has 0 spiro atoms. The number of benzene rings is 2. The second kappa shape index (κ2) is 11.8. The van der Waals surface area contributed by atoms with Gasteiger partial charge in [-0.3, -0.25) is 0 Å². The topological polar surface area (TPSA) is 78.4 Å². The third kappa shape index (κ3) is 7.54. The summed E-state index contributed by atoms with van der Waals surface area (Å²) in [5, 5.41) is 4.52. The average Bonchev–Trinajstić information content (AvgIpc) is 2.71. The molecule has 0 saturated carbocycles. The van der Waals surface area contributed by atoms with E-state index in [0.29, 0.717) is 37.7 Å². The largest absolute Gasteiger partial charge is 0.493 e. The fraction of sp³-hybridized carbons (Fsp3) is 0.333. The number of carbonyl (C=O) groups excluding carboxylic acids is 1. The van der Waals surface area contributed by atoms with Crippen LogP contribution in [0.2, 0.25) is 5.02 Å². The van der Waals surface area contributed by atoms with Crippen molar-refractivity contribution >= 4 is 23.9 Å². The zero-order valence-electron chi connectivity index (χ0n) is 16.7. The third-order valence-electron chi connectivity index (χ3n) is 3.77. The molecule has 0 aliphatic carbocycles. The number of methoxy groups -OCH3 is 1. The summed E-state index contributed by atoms with van der Waals surface area (Å²) in [6.07, 6.45) is 1.56. The molecule has 0 saturated heterocycles. The first kappa shape index (κ1) is 22.4. The van der Waals surface area contributed by atoms with Gasteiger partial charge in [-0.05, 0) is 61.4 Å². The van der Waals surface area contributed by atoms with Crippen LogP contribution in [0.15, 0.2) is 41.5 Å². The second-order valence-electron chi connectivity index (χ2n) is 5.96. The van der Waals surface area contributed by atoms with Crippen LogP contribution in [0.5, 0.6) is 17.2 Å². The van der Waals surface area contributed by atoms with Crippen molar-refractivity contribution in [3.8, 4) is 17.2 Å². The maximum Gasteiger partial charge on any atom is 0.427 e. The number of nitrogens with one attached hydrogen (secondary N) is 1. The molecule has 0 unspecified atom stereocenters. The van der Waals surface area contributed by atoms with Crippen LogP contribution >= 0.6 is 11.6 Å². The summed E-state index contributed by atoms with van der Waals surface area (Å²) < 4.78 is 21.6. The summed E-state index contributed by atoms with van der Waals surface area (Å²) in [7, 11) is 1.27. The van der Waals surface area contributed by atoms with Crippen molar-refractivity contribution < 1.29 is 23.7 Å². The Bertz CT molecular complexity index is 842. The lowest BCUT2D eigenvalue weighted by Crippen LogP contribution is -2.16. The van der Waals surface area contributed by atoms with Crippen molar-refractivity contribution in [3.05, 3.63) is 52.5 Å². The van der Waals surface area contributed by atoms with Crippen molar-refractivity contribution in [2.75, 3.05) is 26.9 Å². The minimum Gasteiger partial charge on any atom is -0.493 e. The molecule has 8 heteroatoms. The van der Waals surface area contributed by atoms with Gasteiger partial charge in [0.2, 0.25) is 0 Å². The number of halogens is 1. The molecule has 0 aliphatic heterocycles. The van der Waals surface area contributed by atoms with Crippen LogP contribution < -0.4 is 19.6 Å². The molecule has 0 aromatic heterocycles. The molecular formula is C21H25ClN2O5. The van der Waals surface area contributed by atoms with Gasteiger partial charge in [0.05, 0.1) is 33.1 Å². The molecule has 156 valence electrons. The molecule has 7 nitrogen and oxygen atoms in total. The van der Waals surface area contributed by atoms with Crippen LogP contribution in [0.3, 0.4) is 0 Å². The summed E-state index contributed by atoms with van der Waals surface area (Å²) in [5.74, 6) is 2.02. The first-order valence-corrected chi connectivity index (χ1v) is 9.57. The zero-order chi connectivity index (χ0) is 21.1. The Morgan fingerprint density at radius 3 is 2.62 bits per heavy atom. The number of nitrogens with zero attached hydrogens (tertiary/aromatic N) is 1. The minimum absolute atomic E-state index is 0.476. The number of amides is 1.